The number of rotatable bonds is 7. The molecule has 6 nitrogen and oxygen atoms in total. The number of pyridine rings is 2. The van der Waals surface area contributed by atoms with Crippen LogP contribution in [-0.4, -0.2) is 19.9 Å². The SMILES string of the molecule is Cc1nc2c(C)cccc2[nH]1.c1ccc(CNCc2ccc(CNC3CCCc4cccnc43)cc2)nc1. The van der Waals surface area contributed by atoms with Gasteiger partial charge in [-0.15, -0.1) is 0 Å². The van der Waals surface area contributed by atoms with Crippen molar-refractivity contribution >= 4 is 11.0 Å². The van der Waals surface area contributed by atoms with Gasteiger partial charge in [0.05, 0.1) is 28.5 Å². The van der Waals surface area contributed by atoms with Gasteiger partial charge in [0, 0.05) is 32.0 Å². The number of H-pyrrole nitrogens is 1. The van der Waals surface area contributed by atoms with Gasteiger partial charge in [0.15, 0.2) is 0 Å². The zero-order chi connectivity index (χ0) is 26.2. The number of para-hydroxylation sites is 1. The molecule has 0 spiro atoms. The number of aryl methyl sites for hydroxylation is 3. The van der Waals surface area contributed by atoms with E-state index in [1.54, 1.807) is 0 Å². The van der Waals surface area contributed by atoms with E-state index in [1.165, 1.54) is 40.8 Å². The van der Waals surface area contributed by atoms with Crippen molar-refractivity contribution in [2.45, 2.75) is 58.8 Å². The normalized spacial score (nSPS) is 14.5. The highest BCUT2D eigenvalue weighted by atomic mass is 14.9. The summed E-state index contributed by atoms with van der Waals surface area (Å²) in [5, 5.41) is 7.14. The molecule has 0 radical (unpaired) electrons. The van der Waals surface area contributed by atoms with Gasteiger partial charge >= 0.3 is 0 Å². The maximum atomic E-state index is 4.61. The van der Waals surface area contributed by atoms with Gasteiger partial charge in [0.1, 0.15) is 5.82 Å². The summed E-state index contributed by atoms with van der Waals surface area (Å²) in [4.78, 5) is 16.5. The molecule has 194 valence electrons. The molecular formula is C32H36N6. The molecule has 2 aromatic carbocycles. The molecule has 5 aromatic rings. The topological polar surface area (TPSA) is 78.5 Å². The Kier molecular flexibility index (Phi) is 8.53. The predicted molar refractivity (Wildman–Crippen MR) is 154 cm³/mol. The maximum absolute atomic E-state index is 4.61. The lowest BCUT2D eigenvalue weighted by molar-refractivity contribution is 0.447. The van der Waals surface area contributed by atoms with E-state index < -0.39 is 0 Å². The first-order chi connectivity index (χ1) is 18.7. The van der Waals surface area contributed by atoms with Gasteiger partial charge in [0.2, 0.25) is 0 Å². The van der Waals surface area contributed by atoms with Crippen LogP contribution in [0.15, 0.2) is 85.2 Å². The Morgan fingerprint density at radius 2 is 1.63 bits per heavy atom. The summed E-state index contributed by atoms with van der Waals surface area (Å²) in [6.07, 6.45) is 7.29. The van der Waals surface area contributed by atoms with Crippen LogP contribution in [0.3, 0.4) is 0 Å². The van der Waals surface area contributed by atoms with Gasteiger partial charge < -0.3 is 15.6 Å². The standard InChI is InChI=1S/C23H26N4.C9H10N2/c1-2-13-25-21(7-1)17-24-15-18-9-11-19(12-10-18)16-27-22-8-3-5-20-6-4-14-26-23(20)22;1-6-4-3-5-8-9(6)11-7(2)10-8/h1-2,4,6-7,9-14,22,24,27H,3,5,8,15-17H2;3-5H,1-2H3,(H,10,11). The fraction of sp³-hybridized carbons (Fsp3) is 0.281. The minimum Gasteiger partial charge on any atom is -0.342 e. The van der Waals surface area contributed by atoms with E-state index in [1.807, 2.05) is 55.7 Å². The largest absolute Gasteiger partial charge is 0.342 e. The number of hydrogen-bond acceptors (Lipinski definition) is 5. The van der Waals surface area contributed by atoms with Crippen LogP contribution in [0.25, 0.3) is 11.0 Å². The van der Waals surface area contributed by atoms with Crippen molar-refractivity contribution in [3.05, 3.63) is 125 Å². The average Bonchev–Trinajstić information content (AvgIpc) is 3.35. The second-order valence-electron chi connectivity index (χ2n) is 9.91. The second kappa shape index (κ2) is 12.6. The quantitative estimate of drug-likeness (QED) is 0.249. The Labute approximate surface area is 225 Å². The highest BCUT2D eigenvalue weighted by Gasteiger charge is 2.20. The molecule has 0 saturated carbocycles. The van der Waals surface area contributed by atoms with Gasteiger partial charge in [0.25, 0.3) is 0 Å². The monoisotopic (exact) mass is 504 g/mol. The molecule has 1 aliphatic carbocycles. The Morgan fingerprint density at radius 1 is 0.816 bits per heavy atom. The van der Waals surface area contributed by atoms with Gasteiger partial charge in [-0.2, -0.15) is 0 Å². The third kappa shape index (κ3) is 6.71. The molecule has 6 rings (SSSR count). The van der Waals surface area contributed by atoms with E-state index in [4.69, 9.17) is 0 Å². The summed E-state index contributed by atoms with van der Waals surface area (Å²) in [7, 11) is 0. The highest BCUT2D eigenvalue weighted by Crippen LogP contribution is 2.27. The lowest BCUT2D eigenvalue weighted by Gasteiger charge is -2.25. The van der Waals surface area contributed by atoms with Crippen molar-refractivity contribution in [2.75, 3.05) is 0 Å². The number of benzene rings is 2. The molecule has 0 amide bonds. The Bertz CT molecular complexity index is 1440. The molecule has 1 aliphatic rings. The van der Waals surface area contributed by atoms with Gasteiger partial charge in [-0.1, -0.05) is 48.5 Å². The fourth-order valence-electron chi connectivity index (χ4n) is 4.96. The van der Waals surface area contributed by atoms with Crippen LogP contribution in [0.2, 0.25) is 0 Å². The summed E-state index contributed by atoms with van der Waals surface area (Å²) in [5.41, 5.74) is 9.75. The summed E-state index contributed by atoms with van der Waals surface area (Å²) < 4.78 is 0. The molecule has 0 saturated heterocycles. The summed E-state index contributed by atoms with van der Waals surface area (Å²) >= 11 is 0. The van der Waals surface area contributed by atoms with Crippen molar-refractivity contribution in [3.8, 4) is 0 Å². The molecule has 6 heteroatoms. The van der Waals surface area contributed by atoms with Gasteiger partial charge in [-0.3, -0.25) is 9.97 Å². The highest BCUT2D eigenvalue weighted by molar-refractivity contribution is 5.78. The Morgan fingerprint density at radius 3 is 2.42 bits per heavy atom. The van der Waals surface area contributed by atoms with Crippen LogP contribution >= 0.6 is 0 Å². The average molecular weight is 505 g/mol. The molecule has 1 atom stereocenters. The molecule has 0 bridgehead atoms. The lowest BCUT2D eigenvalue weighted by atomic mass is 9.92. The van der Waals surface area contributed by atoms with Gasteiger partial charge in [-0.05, 0) is 79.6 Å². The molecule has 0 fully saturated rings. The van der Waals surface area contributed by atoms with E-state index in [9.17, 15) is 0 Å². The van der Waals surface area contributed by atoms with Crippen molar-refractivity contribution in [2.24, 2.45) is 0 Å². The first-order valence-electron chi connectivity index (χ1n) is 13.4. The molecule has 38 heavy (non-hydrogen) atoms. The van der Waals surface area contributed by atoms with Crippen LogP contribution in [0.1, 0.15) is 58.3 Å². The van der Waals surface area contributed by atoms with E-state index in [-0.39, 0.29) is 0 Å². The molecule has 0 aliphatic heterocycles. The number of fused-ring (bicyclic) bond motifs is 2. The van der Waals surface area contributed by atoms with Gasteiger partial charge in [-0.25, -0.2) is 4.98 Å². The van der Waals surface area contributed by atoms with Crippen LogP contribution < -0.4 is 10.6 Å². The van der Waals surface area contributed by atoms with Crippen molar-refractivity contribution in [1.29, 1.82) is 0 Å². The minimum absolute atomic E-state index is 0.370. The van der Waals surface area contributed by atoms with Crippen LogP contribution in [0.4, 0.5) is 0 Å². The fourth-order valence-corrected chi connectivity index (χ4v) is 4.96. The second-order valence-corrected chi connectivity index (χ2v) is 9.91. The number of nitrogens with one attached hydrogen (secondary N) is 3. The minimum atomic E-state index is 0.370. The van der Waals surface area contributed by atoms with E-state index in [0.29, 0.717) is 6.04 Å². The Hall–Kier alpha value is -3.87. The third-order valence-corrected chi connectivity index (χ3v) is 6.96. The lowest BCUT2D eigenvalue weighted by Crippen LogP contribution is -2.25. The number of aromatic nitrogens is 4. The molecule has 3 aromatic heterocycles. The zero-order valence-electron chi connectivity index (χ0n) is 22.2. The first kappa shape index (κ1) is 25.8. The maximum Gasteiger partial charge on any atom is 0.104 e. The zero-order valence-corrected chi connectivity index (χ0v) is 22.2. The molecule has 3 N–H and O–H groups in total. The number of hydrogen-bond donors (Lipinski definition) is 3. The summed E-state index contributed by atoms with van der Waals surface area (Å²) in [6.45, 7) is 6.56. The van der Waals surface area contributed by atoms with Crippen molar-refractivity contribution in [1.82, 2.24) is 30.6 Å². The van der Waals surface area contributed by atoms with Crippen LogP contribution in [0.5, 0.6) is 0 Å². The molecule has 3 heterocycles. The molecular weight excluding hydrogens is 468 g/mol. The first-order valence-corrected chi connectivity index (χ1v) is 13.4. The number of aromatic amines is 1. The Balaban J connectivity index is 0.000000222. The summed E-state index contributed by atoms with van der Waals surface area (Å²) in [6, 6.07) is 25.6. The van der Waals surface area contributed by atoms with E-state index in [0.717, 1.165) is 48.6 Å². The predicted octanol–water partition coefficient (Wildman–Crippen LogP) is 6.11. The van der Waals surface area contributed by atoms with Crippen molar-refractivity contribution < 1.29 is 0 Å². The number of nitrogens with zero attached hydrogens (tertiary/aromatic N) is 3. The number of imidazole rings is 1. The molecule has 1 unspecified atom stereocenters. The van der Waals surface area contributed by atoms with Crippen LogP contribution in [0, 0.1) is 13.8 Å². The van der Waals surface area contributed by atoms with Crippen LogP contribution in [-0.2, 0) is 26.1 Å². The smallest absolute Gasteiger partial charge is 0.104 e. The van der Waals surface area contributed by atoms with Crippen molar-refractivity contribution in [3.63, 3.8) is 0 Å². The van der Waals surface area contributed by atoms with E-state index in [2.05, 4.69) is 73.9 Å². The summed E-state index contributed by atoms with van der Waals surface area (Å²) in [5.74, 6) is 0.981. The third-order valence-electron chi connectivity index (χ3n) is 6.96. The van der Waals surface area contributed by atoms with E-state index >= 15 is 0 Å².